The molecule has 0 unspecified atom stereocenters. The number of nitrogens with zero attached hydrogens (tertiary/aromatic N) is 1. The summed E-state index contributed by atoms with van der Waals surface area (Å²) in [5.74, 6) is -0.899. The first-order valence-electron chi connectivity index (χ1n) is 3.60. The summed E-state index contributed by atoms with van der Waals surface area (Å²) in [4.78, 5) is 14.3. The van der Waals surface area contributed by atoms with Crippen molar-refractivity contribution in [2.24, 2.45) is 0 Å². The molecule has 13 heavy (non-hydrogen) atoms. The lowest BCUT2D eigenvalue weighted by Gasteiger charge is -2.06. The van der Waals surface area contributed by atoms with Gasteiger partial charge in [0, 0.05) is 6.07 Å². The van der Waals surface area contributed by atoms with E-state index in [1.54, 1.807) is 13.0 Å². The van der Waals surface area contributed by atoms with E-state index in [4.69, 9.17) is 15.6 Å². The van der Waals surface area contributed by atoms with E-state index in [2.05, 4.69) is 4.98 Å². The third kappa shape index (κ3) is 1.69. The highest BCUT2D eigenvalue weighted by Crippen LogP contribution is 2.19. The molecule has 0 spiro atoms. The number of nitrogen functional groups attached to an aromatic ring is 1. The Hall–Kier alpha value is -1.78. The average molecular weight is 182 g/mol. The van der Waals surface area contributed by atoms with Crippen molar-refractivity contribution < 1.29 is 14.6 Å². The number of hydrogen-bond donors (Lipinski definition) is 2. The molecule has 1 heterocycles. The molecule has 0 saturated carbocycles. The van der Waals surface area contributed by atoms with Crippen LogP contribution in [0, 0.1) is 6.92 Å². The van der Waals surface area contributed by atoms with Crippen molar-refractivity contribution >= 4 is 11.7 Å². The lowest BCUT2D eigenvalue weighted by molar-refractivity contribution is 0.0690. The predicted molar refractivity (Wildman–Crippen MR) is 46.9 cm³/mol. The summed E-state index contributed by atoms with van der Waals surface area (Å²) in [6.07, 6.45) is 0. The molecular weight excluding hydrogens is 172 g/mol. The number of rotatable bonds is 2. The second kappa shape index (κ2) is 3.30. The van der Waals surface area contributed by atoms with E-state index in [1.165, 1.54) is 7.11 Å². The fourth-order valence-corrected chi connectivity index (χ4v) is 0.920. The van der Waals surface area contributed by atoms with Crippen LogP contribution in [-0.4, -0.2) is 23.2 Å². The van der Waals surface area contributed by atoms with E-state index < -0.39 is 5.97 Å². The zero-order chi connectivity index (χ0) is 10.0. The smallest absolute Gasteiger partial charge is 0.356 e. The number of methoxy groups -OCH3 is 1. The Bertz CT molecular complexity index is 349. The molecule has 70 valence electrons. The molecule has 0 amide bonds. The third-order valence-corrected chi connectivity index (χ3v) is 1.65. The van der Waals surface area contributed by atoms with E-state index in [-0.39, 0.29) is 17.3 Å². The molecule has 1 aromatic rings. The van der Waals surface area contributed by atoms with Crippen LogP contribution < -0.4 is 10.5 Å². The number of anilines is 1. The number of carboxylic acid groups (broad SMARTS) is 1. The fourth-order valence-electron chi connectivity index (χ4n) is 0.920. The van der Waals surface area contributed by atoms with Gasteiger partial charge in [-0.05, 0) is 12.5 Å². The molecule has 5 heteroatoms. The van der Waals surface area contributed by atoms with Gasteiger partial charge < -0.3 is 15.6 Å². The third-order valence-electron chi connectivity index (χ3n) is 1.65. The van der Waals surface area contributed by atoms with Gasteiger partial charge in [-0.1, -0.05) is 0 Å². The van der Waals surface area contributed by atoms with Gasteiger partial charge in [-0.3, -0.25) is 0 Å². The largest absolute Gasteiger partial charge is 0.481 e. The van der Waals surface area contributed by atoms with Crippen LogP contribution in [0.2, 0.25) is 0 Å². The van der Waals surface area contributed by atoms with Gasteiger partial charge in [0.25, 0.3) is 0 Å². The first kappa shape index (κ1) is 9.31. The average Bonchev–Trinajstić information content (AvgIpc) is 2.09. The normalized spacial score (nSPS) is 9.69. The van der Waals surface area contributed by atoms with E-state index in [0.29, 0.717) is 5.56 Å². The molecule has 0 aliphatic heterocycles. The molecule has 5 nitrogen and oxygen atoms in total. The molecule has 0 saturated heterocycles. The number of aromatic nitrogens is 1. The number of ether oxygens (including phenoxy) is 1. The molecule has 1 aromatic heterocycles. The Balaban J connectivity index is 3.33. The van der Waals surface area contributed by atoms with Gasteiger partial charge in [0.2, 0.25) is 5.88 Å². The van der Waals surface area contributed by atoms with Crippen molar-refractivity contribution in [1.29, 1.82) is 0 Å². The lowest BCUT2D eigenvalue weighted by Crippen LogP contribution is -2.08. The van der Waals surface area contributed by atoms with E-state index in [1.807, 2.05) is 0 Å². The summed E-state index contributed by atoms with van der Waals surface area (Å²) >= 11 is 0. The van der Waals surface area contributed by atoms with Crippen LogP contribution in [0.1, 0.15) is 16.1 Å². The van der Waals surface area contributed by atoms with Crippen molar-refractivity contribution in [2.45, 2.75) is 6.92 Å². The Morgan fingerprint density at radius 3 is 2.77 bits per heavy atom. The number of hydrogen-bond acceptors (Lipinski definition) is 4. The SMILES string of the molecule is COc1cc(C)c(N)c(C(=O)O)n1. The lowest BCUT2D eigenvalue weighted by atomic mass is 10.2. The quantitative estimate of drug-likeness (QED) is 0.702. The van der Waals surface area contributed by atoms with E-state index in [9.17, 15) is 4.79 Å². The van der Waals surface area contributed by atoms with Crippen molar-refractivity contribution in [3.8, 4) is 5.88 Å². The molecule has 0 fully saturated rings. The van der Waals surface area contributed by atoms with Gasteiger partial charge in [-0.15, -0.1) is 0 Å². The number of pyridine rings is 1. The summed E-state index contributed by atoms with van der Waals surface area (Å²) in [7, 11) is 1.42. The standard InChI is InChI=1S/C8H10N2O3/c1-4-3-5(13-2)10-7(6(4)9)8(11)12/h3H,9H2,1-2H3,(H,11,12). The monoisotopic (exact) mass is 182 g/mol. The van der Waals surface area contributed by atoms with Crippen molar-refractivity contribution in [3.63, 3.8) is 0 Å². The van der Waals surface area contributed by atoms with Gasteiger partial charge in [0.05, 0.1) is 12.8 Å². The highest BCUT2D eigenvalue weighted by atomic mass is 16.5. The van der Waals surface area contributed by atoms with Crippen LogP contribution >= 0.6 is 0 Å². The highest BCUT2D eigenvalue weighted by Gasteiger charge is 2.13. The molecule has 1 rings (SSSR count). The van der Waals surface area contributed by atoms with Crippen LogP contribution in [0.25, 0.3) is 0 Å². The van der Waals surface area contributed by atoms with Crippen molar-refractivity contribution in [3.05, 3.63) is 17.3 Å². The minimum absolute atomic E-state index is 0.170. The molecule has 0 aliphatic rings. The summed E-state index contributed by atoms with van der Waals surface area (Å²) in [6.45, 7) is 1.70. The predicted octanol–water partition coefficient (Wildman–Crippen LogP) is 0.679. The zero-order valence-corrected chi connectivity index (χ0v) is 7.37. The fraction of sp³-hybridized carbons (Fsp3) is 0.250. The van der Waals surface area contributed by atoms with E-state index >= 15 is 0 Å². The summed E-state index contributed by atoms with van der Waals surface area (Å²) in [6, 6.07) is 1.59. The highest BCUT2D eigenvalue weighted by molar-refractivity contribution is 5.92. The Morgan fingerprint density at radius 2 is 2.31 bits per heavy atom. The maximum Gasteiger partial charge on any atom is 0.356 e. The number of aryl methyl sites for hydroxylation is 1. The van der Waals surface area contributed by atoms with Gasteiger partial charge in [-0.25, -0.2) is 9.78 Å². The molecule has 0 aromatic carbocycles. The first-order valence-corrected chi connectivity index (χ1v) is 3.60. The number of nitrogens with two attached hydrogens (primary N) is 1. The van der Waals surface area contributed by atoms with Crippen LogP contribution in [-0.2, 0) is 0 Å². The topological polar surface area (TPSA) is 85.4 Å². The van der Waals surface area contributed by atoms with Gasteiger partial charge in [0.1, 0.15) is 0 Å². The Morgan fingerprint density at radius 1 is 1.69 bits per heavy atom. The van der Waals surface area contributed by atoms with Crippen LogP contribution in [0.15, 0.2) is 6.07 Å². The maximum atomic E-state index is 10.6. The van der Waals surface area contributed by atoms with Crippen LogP contribution in [0.3, 0.4) is 0 Å². The summed E-state index contributed by atoms with van der Waals surface area (Å²) in [5.41, 5.74) is 6.16. The van der Waals surface area contributed by atoms with Crippen LogP contribution in [0.5, 0.6) is 5.88 Å². The minimum atomic E-state index is -1.15. The van der Waals surface area contributed by atoms with Gasteiger partial charge >= 0.3 is 5.97 Å². The van der Waals surface area contributed by atoms with Crippen molar-refractivity contribution in [2.75, 3.05) is 12.8 Å². The molecular formula is C8H10N2O3. The Labute approximate surface area is 75.2 Å². The number of carboxylic acids is 1. The first-order chi connectivity index (χ1) is 6.06. The zero-order valence-electron chi connectivity index (χ0n) is 7.37. The van der Waals surface area contributed by atoms with Crippen molar-refractivity contribution in [1.82, 2.24) is 4.98 Å². The number of carbonyl (C=O) groups is 1. The summed E-state index contributed by atoms with van der Waals surface area (Å²) in [5, 5.41) is 8.71. The second-order valence-corrected chi connectivity index (χ2v) is 2.55. The molecule has 0 bridgehead atoms. The minimum Gasteiger partial charge on any atom is -0.481 e. The maximum absolute atomic E-state index is 10.6. The molecule has 3 N–H and O–H groups in total. The molecule has 0 aliphatic carbocycles. The van der Waals surface area contributed by atoms with E-state index in [0.717, 1.165) is 0 Å². The summed E-state index contributed by atoms with van der Waals surface area (Å²) < 4.78 is 4.81. The molecule has 0 atom stereocenters. The number of aromatic carboxylic acids is 1. The molecule has 0 radical (unpaired) electrons. The van der Waals surface area contributed by atoms with Gasteiger partial charge in [0.15, 0.2) is 5.69 Å². The van der Waals surface area contributed by atoms with Gasteiger partial charge in [-0.2, -0.15) is 0 Å². The Kier molecular flexibility index (Phi) is 2.36. The second-order valence-electron chi connectivity index (χ2n) is 2.55. The van der Waals surface area contributed by atoms with Crippen LogP contribution in [0.4, 0.5) is 5.69 Å².